The van der Waals surface area contributed by atoms with Crippen molar-refractivity contribution < 1.29 is 5.11 Å². The van der Waals surface area contributed by atoms with Crippen LogP contribution in [0.5, 0.6) is 0 Å². The lowest BCUT2D eigenvalue weighted by Gasteiger charge is -2.17. The van der Waals surface area contributed by atoms with Crippen LogP contribution >= 0.6 is 11.3 Å². The molecule has 13 heavy (non-hydrogen) atoms. The standard InChI is InChI=1S/C9H16N2OS/c1-7(3-5-12)11-8(2)9-10-4-6-13-9/h4,6-8,11-12H,3,5H2,1-2H3/t7-,8?/m1/s1. The van der Waals surface area contributed by atoms with Crippen LogP contribution in [-0.4, -0.2) is 22.7 Å². The lowest BCUT2D eigenvalue weighted by Crippen LogP contribution is -2.29. The molecule has 0 aliphatic rings. The molecule has 0 aromatic carbocycles. The number of aromatic nitrogens is 1. The zero-order valence-electron chi connectivity index (χ0n) is 8.03. The summed E-state index contributed by atoms with van der Waals surface area (Å²) in [6.45, 7) is 4.39. The second-order valence-corrected chi connectivity index (χ2v) is 4.10. The van der Waals surface area contributed by atoms with E-state index < -0.39 is 0 Å². The smallest absolute Gasteiger partial charge is 0.109 e. The minimum absolute atomic E-state index is 0.235. The van der Waals surface area contributed by atoms with Gasteiger partial charge in [-0.2, -0.15) is 0 Å². The van der Waals surface area contributed by atoms with Crippen LogP contribution in [0.25, 0.3) is 0 Å². The quantitative estimate of drug-likeness (QED) is 0.758. The molecule has 0 saturated heterocycles. The molecular weight excluding hydrogens is 184 g/mol. The number of thiazole rings is 1. The molecule has 0 aliphatic heterocycles. The van der Waals surface area contributed by atoms with Crippen LogP contribution in [-0.2, 0) is 0 Å². The highest BCUT2D eigenvalue weighted by Crippen LogP contribution is 2.15. The molecule has 1 heterocycles. The zero-order chi connectivity index (χ0) is 9.68. The van der Waals surface area contributed by atoms with Crippen LogP contribution in [0, 0.1) is 0 Å². The molecule has 3 nitrogen and oxygen atoms in total. The van der Waals surface area contributed by atoms with E-state index in [-0.39, 0.29) is 12.6 Å². The van der Waals surface area contributed by atoms with Gasteiger partial charge in [0.05, 0.1) is 6.04 Å². The van der Waals surface area contributed by atoms with Gasteiger partial charge in [-0.15, -0.1) is 11.3 Å². The van der Waals surface area contributed by atoms with Crippen molar-refractivity contribution in [2.45, 2.75) is 32.4 Å². The van der Waals surface area contributed by atoms with Crippen LogP contribution in [0.4, 0.5) is 0 Å². The summed E-state index contributed by atoms with van der Waals surface area (Å²) in [7, 11) is 0. The summed E-state index contributed by atoms with van der Waals surface area (Å²) < 4.78 is 0. The average molecular weight is 200 g/mol. The van der Waals surface area contributed by atoms with Crippen LogP contribution in [0.3, 0.4) is 0 Å². The molecule has 1 unspecified atom stereocenters. The Morgan fingerprint density at radius 2 is 2.38 bits per heavy atom. The minimum atomic E-state index is 0.235. The number of nitrogens with zero attached hydrogens (tertiary/aromatic N) is 1. The predicted octanol–water partition coefficient (Wildman–Crippen LogP) is 1.56. The molecule has 0 bridgehead atoms. The summed E-state index contributed by atoms with van der Waals surface area (Å²) in [4.78, 5) is 4.22. The van der Waals surface area contributed by atoms with Gasteiger partial charge >= 0.3 is 0 Å². The molecule has 0 amide bonds. The number of aliphatic hydroxyl groups excluding tert-OH is 1. The van der Waals surface area contributed by atoms with E-state index >= 15 is 0 Å². The van der Waals surface area contributed by atoms with Gasteiger partial charge in [0, 0.05) is 24.2 Å². The van der Waals surface area contributed by atoms with Crippen molar-refractivity contribution in [1.29, 1.82) is 0 Å². The van der Waals surface area contributed by atoms with Gasteiger partial charge in [-0.3, -0.25) is 0 Å². The van der Waals surface area contributed by atoms with E-state index in [2.05, 4.69) is 24.1 Å². The molecule has 1 rings (SSSR count). The Morgan fingerprint density at radius 3 is 2.92 bits per heavy atom. The van der Waals surface area contributed by atoms with Gasteiger partial charge in [0.25, 0.3) is 0 Å². The average Bonchev–Trinajstić information content (AvgIpc) is 2.55. The SMILES string of the molecule is CC(N[C@H](C)CCO)c1nccs1. The highest BCUT2D eigenvalue weighted by atomic mass is 32.1. The molecular formula is C9H16N2OS. The van der Waals surface area contributed by atoms with Gasteiger partial charge in [0.15, 0.2) is 0 Å². The Bertz CT molecular complexity index is 226. The van der Waals surface area contributed by atoms with E-state index in [4.69, 9.17) is 5.11 Å². The molecule has 1 aromatic rings. The van der Waals surface area contributed by atoms with Crippen molar-refractivity contribution in [3.8, 4) is 0 Å². The van der Waals surface area contributed by atoms with Gasteiger partial charge in [-0.1, -0.05) is 0 Å². The van der Waals surface area contributed by atoms with Crippen molar-refractivity contribution in [3.05, 3.63) is 16.6 Å². The topological polar surface area (TPSA) is 45.1 Å². The molecule has 0 fully saturated rings. The fourth-order valence-corrected chi connectivity index (χ4v) is 1.88. The molecule has 4 heteroatoms. The molecule has 0 radical (unpaired) electrons. The van der Waals surface area contributed by atoms with Crippen molar-refractivity contribution in [1.82, 2.24) is 10.3 Å². The number of hydrogen-bond acceptors (Lipinski definition) is 4. The summed E-state index contributed by atoms with van der Waals surface area (Å²) in [6.07, 6.45) is 2.60. The van der Waals surface area contributed by atoms with Gasteiger partial charge in [0.1, 0.15) is 5.01 Å². The lowest BCUT2D eigenvalue weighted by molar-refractivity contribution is 0.264. The monoisotopic (exact) mass is 200 g/mol. The van der Waals surface area contributed by atoms with Crippen LogP contribution in [0.2, 0.25) is 0 Å². The van der Waals surface area contributed by atoms with Gasteiger partial charge in [0.2, 0.25) is 0 Å². The summed E-state index contributed by atoms with van der Waals surface area (Å²) >= 11 is 1.65. The summed E-state index contributed by atoms with van der Waals surface area (Å²) in [5, 5.41) is 15.2. The summed E-state index contributed by atoms with van der Waals surface area (Å²) in [6, 6.07) is 0.616. The van der Waals surface area contributed by atoms with E-state index in [9.17, 15) is 0 Å². The third-order valence-corrected chi connectivity index (χ3v) is 2.88. The third-order valence-electron chi connectivity index (χ3n) is 1.92. The number of nitrogens with one attached hydrogen (secondary N) is 1. The van der Waals surface area contributed by atoms with Crippen molar-refractivity contribution in [2.24, 2.45) is 0 Å². The Hall–Kier alpha value is -0.450. The number of hydrogen-bond donors (Lipinski definition) is 2. The number of aliphatic hydroxyl groups is 1. The highest BCUT2D eigenvalue weighted by molar-refractivity contribution is 7.09. The summed E-state index contributed by atoms with van der Waals surface area (Å²) in [5.74, 6) is 0. The van der Waals surface area contributed by atoms with E-state index in [1.807, 2.05) is 11.6 Å². The second-order valence-electron chi connectivity index (χ2n) is 3.17. The van der Waals surface area contributed by atoms with Crippen molar-refractivity contribution in [3.63, 3.8) is 0 Å². The van der Waals surface area contributed by atoms with E-state index in [0.29, 0.717) is 6.04 Å². The van der Waals surface area contributed by atoms with Gasteiger partial charge < -0.3 is 10.4 Å². The maximum absolute atomic E-state index is 8.73. The first-order valence-corrected chi connectivity index (χ1v) is 5.38. The first-order chi connectivity index (χ1) is 6.24. The maximum Gasteiger partial charge on any atom is 0.109 e. The summed E-state index contributed by atoms with van der Waals surface area (Å²) in [5.41, 5.74) is 0. The predicted molar refractivity (Wildman–Crippen MR) is 54.8 cm³/mol. The maximum atomic E-state index is 8.73. The number of rotatable bonds is 5. The zero-order valence-corrected chi connectivity index (χ0v) is 8.84. The molecule has 0 spiro atoms. The van der Waals surface area contributed by atoms with Crippen molar-refractivity contribution >= 4 is 11.3 Å². The van der Waals surface area contributed by atoms with E-state index in [1.165, 1.54) is 0 Å². The Balaban J connectivity index is 2.37. The Labute approximate surface area is 82.8 Å². The second kappa shape index (κ2) is 5.32. The first-order valence-electron chi connectivity index (χ1n) is 4.50. The molecule has 1 aromatic heterocycles. The highest BCUT2D eigenvalue weighted by Gasteiger charge is 2.10. The molecule has 0 aliphatic carbocycles. The molecule has 2 atom stereocenters. The third kappa shape index (κ3) is 3.42. The Morgan fingerprint density at radius 1 is 1.62 bits per heavy atom. The Kier molecular flexibility index (Phi) is 4.35. The molecule has 2 N–H and O–H groups in total. The largest absolute Gasteiger partial charge is 0.396 e. The van der Waals surface area contributed by atoms with Crippen molar-refractivity contribution in [2.75, 3.05) is 6.61 Å². The van der Waals surface area contributed by atoms with E-state index in [1.54, 1.807) is 11.3 Å². The fraction of sp³-hybridized carbons (Fsp3) is 0.667. The molecule has 74 valence electrons. The van der Waals surface area contributed by atoms with E-state index in [0.717, 1.165) is 11.4 Å². The van der Waals surface area contributed by atoms with Crippen LogP contribution in [0.1, 0.15) is 31.3 Å². The van der Waals surface area contributed by atoms with Gasteiger partial charge in [-0.25, -0.2) is 4.98 Å². The minimum Gasteiger partial charge on any atom is -0.396 e. The van der Waals surface area contributed by atoms with Crippen LogP contribution in [0.15, 0.2) is 11.6 Å². The normalized spacial score (nSPS) is 15.6. The fourth-order valence-electron chi connectivity index (χ4n) is 1.22. The lowest BCUT2D eigenvalue weighted by atomic mass is 10.2. The van der Waals surface area contributed by atoms with Gasteiger partial charge in [-0.05, 0) is 20.3 Å². The van der Waals surface area contributed by atoms with Crippen LogP contribution < -0.4 is 5.32 Å². The first kappa shape index (κ1) is 10.6. The molecule has 0 saturated carbocycles.